The summed E-state index contributed by atoms with van der Waals surface area (Å²) in [6.07, 6.45) is 4.45. The summed E-state index contributed by atoms with van der Waals surface area (Å²) in [5.41, 5.74) is 5.24. The van der Waals surface area contributed by atoms with Crippen molar-refractivity contribution >= 4 is 11.9 Å². The van der Waals surface area contributed by atoms with Gasteiger partial charge in [0.25, 0.3) is 5.91 Å². The molecule has 0 heterocycles. The fraction of sp³-hybridized carbons (Fsp3) is 0.333. The Balaban J connectivity index is 1.50. The molecule has 1 N–H and O–H groups in total. The molecule has 0 aliphatic heterocycles. The van der Waals surface area contributed by atoms with Crippen LogP contribution in [0.5, 0.6) is 0 Å². The van der Waals surface area contributed by atoms with Crippen LogP contribution >= 0.6 is 0 Å². The summed E-state index contributed by atoms with van der Waals surface area (Å²) in [5, 5.41) is 2.78. The highest BCUT2D eigenvalue weighted by molar-refractivity contribution is 5.91. The highest BCUT2D eigenvalue weighted by atomic mass is 16.5. The SMILES string of the molecule is Cc1ccccc1CNC(=O)COC(=O)c1ccc2c(c1)CCCC2. The number of fused-ring (bicyclic) bond motifs is 1. The molecule has 0 atom stereocenters. The van der Waals surface area contributed by atoms with Gasteiger partial charge in [0.05, 0.1) is 5.56 Å². The smallest absolute Gasteiger partial charge is 0.338 e. The van der Waals surface area contributed by atoms with Gasteiger partial charge in [0, 0.05) is 6.54 Å². The third kappa shape index (κ3) is 4.47. The topological polar surface area (TPSA) is 55.4 Å². The molecule has 4 nitrogen and oxygen atoms in total. The number of carbonyl (C=O) groups excluding carboxylic acids is 2. The average molecular weight is 337 g/mol. The predicted octanol–water partition coefficient (Wildman–Crippen LogP) is 3.35. The van der Waals surface area contributed by atoms with Gasteiger partial charge in [0.15, 0.2) is 6.61 Å². The van der Waals surface area contributed by atoms with Gasteiger partial charge in [-0.1, -0.05) is 30.3 Å². The first-order valence-corrected chi connectivity index (χ1v) is 8.73. The largest absolute Gasteiger partial charge is 0.452 e. The van der Waals surface area contributed by atoms with Crippen LogP contribution in [0.3, 0.4) is 0 Å². The second-order valence-corrected chi connectivity index (χ2v) is 6.47. The number of aryl methyl sites for hydroxylation is 3. The van der Waals surface area contributed by atoms with Crippen LogP contribution in [0.2, 0.25) is 0 Å². The first kappa shape index (κ1) is 17.2. The lowest BCUT2D eigenvalue weighted by Crippen LogP contribution is -2.28. The Bertz CT molecular complexity index is 782. The van der Waals surface area contributed by atoms with Crippen LogP contribution in [0.25, 0.3) is 0 Å². The van der Waals surface area contributed by atoms with Crippen molar-refractivity contribution < 1.29 is 14.3 Å². The van der Waals surface area contributed by atoms with E-state index in [1.165, 1.54) is 17.5 Å². The number of carbonyl (C=O) groups is 2. The van der Waals surface area contributed by atoms with E-state index in [4.69, 9.17) is 4.74 Å². The van der Waals surface area contributed by atoms with E-state index in [9.17, 15) is 9.59 Å². The Hall–Kier alpha value is -2.62. The van der Waals surface area contributed by atoms with Gasteiger partial charge < -0.3 is 10.1 Å². The molecule has 3 rings (SSSR count). The summed E-state index contributed by atoms with van der Waals surface area (Å²) in [5.74, 6) is -0.742. The molecule has 0 unspecified atom stereocenters. The van der Waals surface area contributed by atoms with Gasteiger partial charge in [-0.25, -0.2) is 4.79 Å². The van der Waals surface area contributed by atoms with E-state index in [0.29, 0.717) is 12.1 Å². The molecule has 0 saturated heterocycles. The Morgan fingerprint density at radius 2 is 1.80 bits per heavy atom. The zero-order valence-corrected chi connectivity index (χ0v) is 14.5. The zero-order valence-electron chi connectivity index (χ0n) is 14.5. The molecule has 4 heteroatoms. The number of hydrogen-bond donors (Lipinski definition) is 1. The van der Waals surface area contributed by atoms with E-state index < -0.39 is 5.97 Å². The van der Waals surface area contributed by atoms with Crippen molar-refractivity contribution in [3.63, 3.8) is 0 Å². The maximum atomic E-state index is 12.2. The van der Waals surface area contributed by atoms with Crippen LogP contribution < -0.4 is 5.32 Å². The van der Waals surface area contributed by atoms with Crippen molar-refractivity contribution in [2.75, 3.05) is 6.61 Å². The van der Waals surface area contributed by atoms with Crippen molar-refractivity contribution in [2.24, 2.45) is 0 Å². The van der Waals surface area contributed by atoms with E-state index in [-0.39, 0.29) is 12.5 Å². The van der Waals surface area contributed by atoms with E-state index in [1.54, 1.807) is 6.07 Å². The minimum Gasteiger partial charge on any atom is -0.452 e. The molecule has 0 fully saturated rings. The van der Waals surface area contributed by atoms with E-state index in [1.807, 2.05) is 43.3 Å². The average Bonchev–Trinajstić information content (AvgIpc) is 2.65. The number of rotatable bonds is 5. The molecule has 0 radical (unpaired) electrons. The van der Waals surface area contributed by atoms with Crippen LogP contribution in [0.4, 0.5) is 0 Å². The van der Waals surface area contributed by atoms with Crippen LogP contribution in [0.1, 0.15) is 45.5 Å². The summed E-state index contributed by atoms with van der Waals surface area (Å²) in [4.78, 5) is 24.1. The maximum absolute atomic E-state index is 12.2. The minimum atomic E-state index is -0.445. The molecule has 2 aromatic rings. The number of esters is 1. The Kier molecular flexibility index (Phi) is 5.49. The lowest BCUT2D eigenvalue weighted by molar-refractivity contribution is -0.124. The lowest BCUT2D eigenvalue weighted by atomic mass is 9.90. The highest BCUT2D eigenvalue weighted by Crippen LogP contribution is 2.22. The summed E-state index contributed by atoms with van der Waals surface area (Å²) in [6, 6.07) is 13.6. The number of nitrogens with one attached hydrogen (secondary N) is 1. The molecule has 0 saturated carbocycles. The first-order valence-electron chi connectivity index (χ1n) is 8.73. The quantitative estimate of drug-likeness (QED) is 0.851. The second-order valence-electron chi connectivity index (χ2n) is 6.47. The summed E-state index contributed by atoms with van der Waals surface area (Å²) in [6.45, 7) is 2.17. The molecule has 0 bridgehead atoms. The van der Waals surface area contributed by atoms with Crippen molar-refractivity contribution in [1.82, 2.24) is 5.32 Å². The standard InChI is InChI=1S/C21H23NO3/c1-15-6-2-3-9-19(15)13-22-20(23)14-25-21(24)18-11-10-16-7-4-5-8-17(16)12-18/h2-3,6,9-12H,4-5,7-8,13-14H2,1H3,(H,22,23). The van der Waals surface area contributed by atoms with Gasteiger partial charge in [0.2, 0.25) is 0 Å². The van der Waals surface area contributed by atoms with Crippen molar-refractivity contribution in [3.05, 3.63) is 70.3 Å². The van der Waals surface area contributed by atoms with Crippen molar-refractivity contribution in [3.8, 4) is 0 Å². The first-order chi connectivity index (χ1) is 12.1. The van der Waals surface area contributed by atoms with Gasteiger partial charge >= 0.3 is 5.97 Å². The van der Waals surface area contributed by atoms with Gasteiger partial charge in [-0.3, -0.25) is 4.79 Å². The molecule has 0 aromatic heterocycles. The second kappa shape index (κ2) is 7.97. The minimum absolute atomic E-state index is 0.262. The molecular weight excluding hydrogens is 314 g/mol. The van der Waals surface area contributed by atoms with Crippen LogP contribution in [-0.2, 0) is 28.9 Å². The summed E-state index contributed by atoms with van der Waals surface area (Å²) in [7, 11) is 0. The van der Waals surface area contributed by atoms with Gasteiger partial charge in [-0.15, -0.1) is 0 Å². The van der Waals surface area contributed by atoms with Gasteiger partial charge in [-0.05, 0) is 67.0 Å². The fourth-order valence-electron chi connectivity index (χ4n) is 3.13. The molecular formula is C21H23NO3. The number of benzene rings is 2. The highest BCUT2D eigenvalue weighted by Gasteiger charge is 2.15. The molecule has 25 heavy (non-hydrogen) atoms. The number of ether oxygens (including phenoxy) is 1. The Morgan fingerprint density at radius 1 is 1.04 bits per heavy atom. The number of hydrogen-bond acceptors (Lipinski definition) is 3. The van der Waals surface area contributed by atoms with Gasteiger partial charge in [-0.2, -0.15) is 0 Å². The van der Waals surface area contributed by atoms with Crippen LogP contribution in [0, 0.1) is 6.92 Å². The molecule has 0 spiro atoms. The van der Waals surface area contributed by atoms with Gasteiger partial charge in [0.1, 0.15) is 0 Å². The monoisotopic (exact) mass is 337 g/mol. The molecule has 1 aliphatic carbocycles. The third-order valence-corrected chi connectivity index (χ3v) is 4.66. The fourth-order valence-corrected chi connectivity index (χ4v) is 3.13. The van der Waals surface area contributed by atoms with E-state index in [2.05, 4.69) is 5.32 Å². The number of amides is 1. The maximum Gasteiger partial charge on any atom is 0.338 e. The Labute approximate surface area is 148 Å². The Morgan fingerprint density at radius 3 is 2.60 bits per heavy atom. The van der Waals surface area contributed by atoms with E-state index >= 15 is 0 Å². The molecule has 130 valence electrons. The molecule has 1 aliphatic rings. The third-order valence-electron chi connectivity index (χ3n) is 4.66. The van der Waals surface area contributed by atoms with Crippen molar-refractivity contribution in [2.45, 2.75) is 39.2 Å². The van der Waals surface area contributed by atoms with Crippen LogP contribution in [0.15, 0.2) is 42.5 Å². The van der Waals surface area contributed by atoms with Crippen molar-refractivity contribution in [1.29, 1.82) is 0 Å². The van der Waals surface area contributed by atoms with Crippen LogP contribution in [-0.4, -0.2) is 18.5 Å². The van der Waals surface area contributed by atoms with E-state index in [0.717, 1.165) is 30.4 Å². The normalized spacial score (nSPS) is 13.0. The molecule has 2 aromatic carbocycles. The molecule has 1 amide bonds. The lowest BCUT2D eigenvalue weighted by Gasteiger charge is -2.16. The summed E-state index contributed by atoms with van der Waals surface area (Å²) < 4.78 is 5.15. The summed E-state index contributed by atoms with van der Waals surface area (Å²) >= 11 is 0. The zero-order chi connectivity index (χ0) is 17.6. The predicted molar refractivity (Wildman–Crippen MR) is 96.4 cm³/mol.